The minimum atomic E-state index is -0.0869. The first-order valence-corrected chi connectivity index (χ1v) is 10.9. The van der Waals surface area contributed by atoms with E-state index < -0.39 is 0 Å². The first-order valence-electron chi connectivity index (χ1n) is 10.1. The number of piperidine rings is 1. The summed E-state index contributed by atoms with van der Waals surface area (Å²) < 4.78 is 6.75. The molecule has 0 aliphatic carbocycles. The number of aryl methyl sites for hydroxylation is 2. The van der Waals surface area contributed by atoms with Gasteiger partial charge in [-0.15, -0.1) is 5.10 Å². The summed E-state index contributed by atoms with van der Waals surface area (Å²) in [6, 6.07) is 8.28. The number of aromatic nitrogens is 3. The van der Waals surface area contributed by atoms with E-state index >= 15 is 0 Å². The van der Waals surface area contributed by atoms with Gasteiger partial charge in [0.2, 0.25) is 10.8 Å². The Kier molecular flexibility index (Phi) is 5.56. The maximum atomic E-state index is 12.1. The van der Waals surface area contributed by atoms with E-state index in [1.807, 2.05) is 26.0 Å². The number of aromatic hydroxyl groups is 1. The molecule has 0 saturated carbocycles. The molecule has 0 bridgehead atoms. The molecule has 154 valence electrons. The third-order valence-corrected chi connectivity index (χ3v) is 6.81. The molecule has 1 aliphatic rings. The Morgan fingerprint density at radius 1 is 1.34 bits per heavy atom. The summed E-state index contributed by atoms with van der Waals surface area (Å²) in [4.78, 5) is 19.5. The molecule has 7 nitrogen and oxygen atoms in total. The maximum absolute atomic E-state index is 12.1. The van der Waals surface area contributed by atoms with Gasteiger partial charge in [-0.2, -0.15) is 4.52 Å². The van der Waals surface area contributed by atoms with Gasteiger partial charge in [0.25, 0.3) is 0 Å². The molecular formula is C21H27N4O3S+. The highest BCUT2D eigenvalue weighted by Gasteiger charge is 2.37. The molecule has 0 radical (unpaired) electrons. The second-order valence-electron chi connectivity index (χ2n) is 7.62. The Balaban J connectivity index is 1.69. The van der Waals surface area contributed by atoms with Crippen LogP contribution in [0.1, 0.15) is 47.6 Å². The number of hydrogen-bond donors (Lipinski definition) is 2. The lowest BCUT2D eigenvalue weighted by Gasteiger charge is -2.34. The van der Waals surface area contributed by atoms with Crippen molar-refractivity contribution in [3.63, 3.8) is 0 Å². The Hall–Kier alpha value is -2.45. The van der Waals surface area contributed by atoms with Crippen molar-refractivity contribution in [2.75, 3.05) is 19.7 Å². The van der Waals surface area contributed by atoms with E-state index in [-0.39, 0.29) is 23.8 Å². The molecule has 0 unspecified atom stereocenters. The topological polar surface area (TPSA) is 81.2 Å². The van der Waals surface area contributed by atoms with Gasteiger partial charge >= 0.3 is 5.97 Å². The standard InChI is InChI=1S/C21H26N4O3S/c1-4-28-20(27)15-9-11-24(12-10-15)17(16-8-6-5-7-13(16)2)18-19(26)25-21(29-18)22-14(3)23-25/h5-8,15,17,26H,4,9-12H2,1-3H3/p+1/t17-/m0/s1. The number of thiazole rings is 1. The number of benzene rings is 1. The van der Waals surface area contributed by atoms with Crippen LogP contribution in [0.15, 0.2) is 24.3 Å². The minimum absolute atomic E-state index is 0.0202. The Morgan fingerprint density at radius 2 is 2.07 bits per heavy atom. The summed E-state index contributed by atoms with van der Waals surface area (Å²) in [6.45, 7) is 7.88. The van der Waals surface area contributed by atoms with E-state index in [9.17, 15) is 9.90 Å². The number of likely N-dealkylation sites (tertiary alicyclic amines) is 1. The van der Waals surface area contributed by atoms with Crippen LogP contribution in [-0.2, 0) is 9.53 Å². The second-order valence-corrected chi connectivity index (χ2v) is 8.63. The quantitative estimate of drug-likeness (QED) is 0.624. The third-order valence-electron chi connectivity index (χ3n) is 5.72. The summed E-state index contributed by atoms with van der Waals surface area (Å²) in [6.07, 6.45) is 1.58. The Labute approximate surface area is 173 Å². The third kappa shape index (κ3) is 3.74. The summed E-state index contributed by atoms with van der Waals surface area (Å²) in [7, 11) is 0. The summed E-state index contributed by atoms with van der Waals surface area (Å²) in [5.74, 6) is 0.692. The van der Waals surface area contributed by atoms with Crippen LogP contribution < -0.4 is 4.90 Å². The van der Waals surface area contributed by atoms with E-state index in [0.717, 1.165) is 30.8 Å². The van der Waals surface area contributed by atoms with Crippen molar-refractivity contribution in [1.29, 1.82) is 0 Å². The first kappa shape index (κ1) is 19.8. The fourth-order valence-corrected chi connectivity index (χ4v) is 5.44. The highest BCUT2D eigenvalue weighted by Crippen LogP contribution is 2.36. The molecule has 1 saturated heterocycles. The Bertz CT molecular complexity index is 1020. The zero-order valence-corrected chi connectivity index (χ0v) is 17.8. The van der Waals surface area contributed by atoms with E-state index in [4.69, 9.17) is 4.74 Å². The second kappa shape index (κ2) is 8.12. The van der Waals surface area contributed by atoms with Crippen molar-refractivity contribution in [2.45, 2.75) is 39.7 Å². The van der Waals surface area contributed by atoms with Crippen molar-refractivity contribution in [3.8, 4) is 5.88 Å². The highest BCUT2D eigenvalue weighted by atomic mass is 32.1. The smallest absolute Gasteiger partial charge is 0.309 e. The number of carbonyl (C=O) groups excluding carboxylic acids is 1. The van der Waals surface area contributed by atoms with Crippen molar-refractivity contribution in [1.82, 2.24) is 14.6 Å². The van der Waals surface area contributed by atoms with Gasteiger partial charge < -0.3 is 14.7 Å². The van der Waals surface area contributed by atoms with Crippen LogP contribution in [0.25, 0.3) is 4.96 Å². The van der Waals surface area contributed by atoms with Gasteiger partial charge in [0.1, 0.15) is 10.7 Å². The Morgan fingerprint density at radius 3 is 2.72 bits per heavy atom. The minimum Gasteiger partial charge on any atom is -0.492 e. The van der Waals surface area contributed by atoms with Crippen LogP contribution in [0.2, 0.25) is 0 Å². The molecule has 29 heavy (non-hydrogen) atoms. The molecular weight excluding hydrogens is 388 g/mol. The zero-order valence-electron chi connectivity index (χ0n) is 17.0. The first-order chi connectivity index (χ1) is 14.0. The van der Waals surface area contributed by atoms with Gasteiger partial charge in [-0.05, 0) is 26.3 Å². The van der Waals surface area contributed by atoms with Gasteiger partial charge in [0.05, 0.1) is 25.6 Å². The monoisotopic (exact) mass is 415 g/mol. The van der Waals surface area contributed by atoms with Crippen LogP contribution in [0.4, 0.5) is 0 Å². The lowest BCUT2D eigenvalue weighted by molar-refractivity contribution is -0.930. The number of esters is 1. The highest BCUT2D eigenvalue weighted by molar-refractivity contribution is 7.17. The zero-order chi connectivity index (χ0) is 20.5. The van der Waals surface area contributed by atoms with Crippen molar-refractivity contribution in [3.05, 3.63) is 46.1 Å². The predicted octanol–water partition coefficient (Wildman–Crippen LogP) is 2.06. The summed E-state index contributed by atoms with van der Waals surface area (Å²) in [5, 5.41) is 15.3. The molecule has 3 heterocycles. The average Bonchev–Trinajstić information content (AvgIpc) is 3.22. The molecule has 1 aliphatic heterocycles. The largest absolute Gasteiger partial charge is 0.492 e. The van der Waals surface area contributed by atoms with Crippen LogP contribution in [-0.4, -0.2) is 45.4 Å². The molecule has 3 aromatic rings. The number of rotatable bonds is 5. The van der Waals surface area contributed by atoms with Gasteiger partial charge in [0.15, 0.2) is 6.04 Å². The van der Waals surface area contributed by atoms with Crippen molar-refractivity contribution >= 4 is 22.3 Å². The number of fused-ring (bicyclic) bond motifs is 1. The normalized spacial score (nSPS) is 20.7. The molecule has 1 atom stereocenters. The predicted molar refractivity (Wildman–Crippen MR) is 110 cm³/mol. The van der Waals surface area contributed by atoms with Crippen molar-refractivity contribution in [2.24, 2.45) is 5.92 Å². The van der Waals surface area contributed by atoms with E-state index in [1.165, 1.54) is 31.9 Å². The summed E-state index contributed by atoms with van der Waals surface area (Å²) >= 11 is 1.49. The molecule has 1 fully saturated rings. The maximum Gasteiger partial charge on any atom is 0.309 e. The lowest BCUT2D eigenvalue weighted by atomic mass is 9.92. The molecule has 4 rings (SSSR count). The lowest BCUT2D eigenvalue weighted by Crippen LogP contribution is -3.13. The fraction of sp³-hybridized carbons (Fsp3) is 0.476. The van der Waals surface area contributed by atoms with Gasteiger partial charge in [0, 0.05) is 18.4 Å². The molecule has 2 aromatic heterocycles. The van der Waals surface area contributed by atoms with E-state index in [0.29, 0.717) is 17.4 Å². The number of carbonyl (C=O) groups is 1. The van der Waals surface area contributed by atoms with Crippen LogP contribution in [0.5, 0.6) is 5.88 Å². The molecule has 0 amide bonds. The number of hydrogen-bond acceptors (Lipinski definition) is 6. The molecule has 2 N–H and O–H groups in total. The number of quaternary nitrogens is 1. The van der Waals surface area contributed by atoms with Crippen LogP contribution in [0.3, 0.4) is 0 Å². The van der Waals surface area contributed by atoms with Crippen LogP contribution >= 0.6 is 11.3 Å². The van der Waals surface area contributed by atoms with Crippen molar-refractivity contribution < 1.29 is 19.5 Å². The molecule has 0 spiro atoms. The fourth-order valence-electron chi connectivity index (χ4n) is 4.27. The molecule has 8 heteroatoms. The van der Waals surface area contributed by atoms with Gasteiger partial charge in [-0.1, -0.05) is 35.6 Å². The SMILES string of the molecule is CCOC(=O)C1CC[NH+]([C@@H](c2ccccc2C)c2sc3nc(C)nn3c2O)CC1. The van der Waals surface area contributed by atoms with E-state index in [2.05, 4.69) is 29.1 Å². The number of ether oxygens (including phenoxy) is 1. The van der Waals surface area contributed by atoms with Gasteiger partial charge in [-0.3, -0.25) is 4.79 Å². The van der Waals surface area contributed by atoms with Gasteiger partial charge in [-0.25, -0.2) is 4.98 Å². The van der Waals surface area contributed by atoms with Crippen LogP contribution in [0, 0.1) is 19.8 Å². The van der Waals surface area contributed by atoms with E-state index in [1.54, 1.807) is 0 Å². The number of nitrogens with one attached hydrogen (secondary N) is 1. The average molecular weight is 416 g/mol. The number of nitrogens with zero attached hydrogens (tertiary/aromatic N) is 3. The molecule has 1 aromatic carbocycles. The summed E-state index contributed by atoms with van der Waals surface area (Å²) in [5.41, 5.74) is 2.38.